The van der Waals surface area contributed by atoms with Crippen LogP contribution in [0.3, 0.4) is 0 Å². The molecule has 7 nitrogen and oxygen atoms in total. The molecule has 1 aromatic heterocycles. The van der Waals surface area contributed by atoms with E-state index < -0.39 is 17.4 Å². The van der Waals surface area contributed by atoms with E-state index in [1.807, 2.05) is 25.1 Å². The predicted molar refractivity (Wildman–Crippen MR) is 92.4 cm³/mol. The standard InChI is InChI=1S/C16H16N4O3S/c1-8-4-3-5-9(6-8)17-14(22)10-7-11(21)18-13-12(10)15(23)20-16(19-13)24-2/h3-6,10H,7H2,1-2H3,(H,17,22)(H2,18,19,20,21,23). The third-order valence-electron chi connectivity index (χ3n) is 3.72. The van der Waals surface area contributed by atoms with Crippen molar-refractivity contribution >= 4 is 35.1 Å². The Labute approximate surface area is 142 Å². The van der Waals surface area contributed by atoms with Gasteiger partial charge in [-0.05, 0) is 30.9 Å². The number of aryl methyl sites for hydroxylation is 1. The van der Waals surface area contributed by atoms with E-state index in [1.54, 1.807) is 12.3 Å². The van der Waals surface area contributed by atoms with E-state index in [4.69, 9.17) is 0 Å². The van der Waals surface area contributed by atoms with Crippen LogP contribution in [0, 0.1) is 6.92 Å². The van der Waals surface area contributed by atoms with Crippen LogP contribution in [-0.2, 0) is 9.59 Å². The fraction of sp³-hybridized carbons (Fsp3) is 0.250. The lowest BCUT2D eigenvalue weighted by Gasteiger charge is -2.23. The minimum atomic E-state index is -0.874. The summed E-state index contributed by atoms with van der Waals surface area (Å²) in [5, 5.41) is 5.72. The van der Waals surface area contributed by atoms with Gasteiger partial charge < -0.3 is 15.6 Å². The van der Waals surface area contributed by atoms with E-state index in [-0.39, 0.29) is 23.7 Å². The highest BCUT2D eigenvalue weighted by Crippen LogP contribution is 2.30. The summed E-state index contributed by atoms with van der Waals surface area (Å²) in [6.07, 6.45) is 1.67. The van der Waals surface area contributed by atoms with Crippen LogP contribution in [0.2, 0.25) is 0 Å². The highest BCUT2D eigenvalue weighted by molar-refractivity contribution is 7.98. The number of benzene rings is 1. The van der Waals surface area contributed by atoms with E-state index in [9.17, 15) is 14.4 Å². The summed E-state index contributed by atoms with van der Waals surface area (Å²) >= 11 is 1.25. The van der Waals surface area contributed by atoms with Crippen LogP contribution in [0.4, 0.5) is 11.5 Å². The van der Waals surface area contributed by atoms with Crippen LogP contribution in [0.1, 0.15) is 23.5 Å². The fourth-order valence-electron chi connectivity index (χ4n) is 2.62. The Hall–Kier alpha value is -2.61. The first-order valence-corrected chi connectivity index (χ1v) is 8.56. The maximum Gasteiger partial charge on any atom is 0.257 e. The van der Waals surface area contributed by atoms with Crippen molar-refractivity contribution in [2.75, 3.05) is 16.9 Å². The second kappa shape index (κ2) is 6.48. The molecule has 0 fully saturated rings. The number of carbonyl (C=O) groups excluding carboxylic acids is 2. The van der Waals surface area contributed by atoms with Gasteiger partial charge >= 0.3 is 0 Å². The summed E-state index contributed by atoms with van der Waals surface area (Å²) in [7, 11) is 0. The molecule has 0 saturated heterocycles. The van der Waals surface area contributed by atoms with Gasteiger partial charge in [-0.25, -0.2) is 4.98 Å². The number of hydrogen-bond acceptors (Lipinski definition) is 5. The van der Waals surface area contributed by atoms with E-state index in [1.165, 1.54) is 11.8 Å². The smallest absolute Gasteiger partial charge is 0.257 e. The number of nitrogens with one attached hydrogen (secondary N) is 3. The zero-order chi connectivity index (χ0) is 17.3. The molecule has 0 bridgehead atoms. The van der Waals surface area contributed by atoms with Crippen LogP contribution in [-0.4, -0.2) is 28.0 Å². The number of rotatable bonds is 3. The number of anilines is 2. The lowest BCUT2D eigenvalue weighted by atomic mass is 9.92. The number of H-pyrrole nitrogens is 1. The minimum absolute atomic E-state index is 0.0893. The van der Waals surface area contributed by atoms with E-state index in [0.717, 1.165) is 5.56 Å². The molecule has 2 aromatic rings. The maximum atomic E-state index is 12.6. The molecule has 1 aromatic carbocycles. The van der Waals surface area contributed by atoms with Crippen LogP contribution in [0.25, 0.3) is 0 Å². The molecule has 0 radical (unpaired) electrons. The molecule has 2 amide bonds. The Bertz CT molecular complexity index is 878. The molecule has 0 saturated carbocycles. The van der Waals surface area contributed by atoms with Gasteiger partial charge in [0.05, 0.1) is 11.5 Å². The van der Waals surface area contributed by atoms with Crippen molar-refractivity contribution in [2.45, 2.75) is 24.4 Å². The fourth-order valence-corrected chi connectivity index (χ4v) is 3.00. The average molecular weight is 344 g/mol. The summed E-state index contributed by atoms with van der Waals surface area (Å²) < 4.78 is 0. The molecular weight excluding hydrogens is 328 g/mol. The molecule has 1 atom stereocenters. The van der Waals surface area contributed by atoms with Gasteiger partial charge in [-0.3, -0.25) is 14.4 Å². The average Bonchev–Trinajstić information content (AvgIpc) is 2.53. The van der Waals surface area contributed by atoms with Gasteiger partial charge in [0.15, 0.2) is 5.16 Å². The van der Waals surface area contributed by atoms with Crippen LogP contribution in [0.5, 0.6) is 0 Å². The largest absolute Gasteiger partial charge is 0.326 e. The molecule has 24 heavy (non-hydrogen) atoms. The van der Waals surface area contributed by atoms with Crippen LogP contribution < -0.4 is 16.2 Å². The third-order valence-corrected chi connectivity index (χ3v) is 4.30. The first kappa shape index (κ1) is 16.3. The minimum Gasteiger partial charge on any atom is -0.326 e. The van der Waals surface area contributed by atoms with Crippen molar-refractivity contribution in [2.24, 2.45) is 0 Å². The van der Waals surface area contributed by atoms with Gasteiger partial charge in [-0.2, -0.15) is 0 Å². The number of aromatic amines is 1. The lowest BCUT2D eigenvalue weighted by Crippen LogP contribution is -2.36. The third kappa shape index (κ3) is 3.18. The molecule has 0 spiro atoms. The molecule has 0 aliphatic carbocycles. The Morgan fingerprint density at radius 1 is 1.38 bits per heavy atom. The van der Waals surface area contributed by atoms with Gasteiger partial charge in [0.2, 0.25) is 11.8 Å². The summed E-state index contributed by atoms with van der Waals surface area (Å²) in [4.78, 5) is 43.7. The first-order chi connectivity index (χ1) is 11.5. The highest BCUT2D eigenvalue weighted by Gasteiger charge is 2.34. The van der Waals surface area contributed by atoms with Gasteiger partial charge in [-0.15, -0.1) is 0 Å². The van der Waals surface area contributed by atoms with Crippen LogP contribution in [0.15, 0.2) is 34.2 Å². The number of fused-ring (bicyclic) bond motifs is 1. The van der Waals surface area contributed by atoms with Gasteiger partial charge in [0.25, 0.3) is 5.56 Å². The molecule has 3 rings (SSSR count). The molecule has 2 heterocycles. The van der Waals surface area contributed by atoms with Crippen molar-refractivity contribution in [1.82, 2.24) is 9.97 Å². The van der Waals surface area contributed by atoms with Crippen molar-refractivity contribution in [1.29, 1.82) is 0 Å². The number of nitrogens with zero attached hydrogens (tertiary/aromatic N) is 1. The summed E-state index contributed by atoms with van der Waals surface area (Å²) in [5.74, 6) is -1.46. The number of carbonyl (C=O) groups is 2. The van der Waals surface area contributed by atoms with Crippen molar-refractivity contribution in [3.05, 3.63) is 45.7 Å². The van der Waals surface area contributed by atoms with E-state index in [0.29, 0.717) is 10.8 Å². The first-order valence-electron chi connectivity index (χ1n) is 7.33. The number of hydrogen-bond donors (Lipinski definition) is 3. The summed E-state index contributed by atoms with van der Waals surface area (Å²) in [6.45, 7) is 1.91. The van der Waals surface area contributed by atoms with Crippen LogP contribution >= 0.6 is 11.8 Å². The number of thioether (sulfide) groups is 1. The topological polar surface area (TPSA) is 104 Å². The van der Waals surface area contributed by atoms with Gasteiger partial charge in [0, 0.05) is 12.1 Å². The Balaban J connectivity index is 1.96. The lowest BCUT2D eigenvalue weighted by molar-refractivity contribution is -0.123. The Kier molecular flexibility index (Phi) is 4.39. The molecule has 1 aliphatic heterocycles. The summed E-state index contributed by atoms with van der Waals surface area (Å²) in [6, 6.07) is 7.32. The summed E-state index contributed by atoms with van der Waals surface area (Å²) in [5.41, 5.74) is 1.41. The molecule has 1 aliphatic rings. The quantitative estimate of drug-likeness (QED) is 0.582. The highest BCUT2D eigenvalue weighted by atomic mass is 32.2. The normalized spacial score (nSPS) is 16.2. The zero-order valence-electron chi connectivity index (χ0n) is 13.2. The molecular formula is C16H16N4O3S. The monoisotopic (exact) mass is 344 g/mol. The van der Waals surface area contributed by atoms with E-state index in [2.05, 4.69) is 20.6 Å². The molecule has 8 heteroatoms. The molecule has 3 N–H and O–H groups in total. The van der Waals surface area contributed by atoms with Crippen molar-refractivity contribution in [3.63, 3.8) is 0 Å². The second-order valence-electron chi connectivity index (χ2n) is 5.50. The Morgan fingerprint density at radius 2 is 2.17 bits per heavy atom. The maximum absolute atomic E-state index is 12.6. The molecule has 1 unspecified atom stereocenters. The SMILES string of the molecule is CSc1nc2c(c(=O)[nH]1)C(C(=O)Nc1cccc(C)c1)CC(=O)N2. The Morgan fingerprint density at radius 3 is 2.88 bits per heavy atom. The molecule has 124 valence electrons. The van der Waals surface area contributed by atoms with Gasteiger partial charge in [-0.1, -0.05) is 23.9 Å². The zero-order valence-corrected chi connectivity index (χ0v) is 14.0. The second-order valence-corrected chi connectivity index (χ2v) is 6.30. The van der Waals surface area contributed by atoms with Crippen molar-refractivity contribution in [3.8, 4) is 0 Å². The predicted octanol–water partition coefficient (Wildman–Crippen LogP) is 1.86. The van der Waals surface area contributed by atoms with Crippen molar-refractivity contribution < 1.29 is 9.59 Å². The van der Waals surface area contributed by atoms with Gasteiger partial charge in [0.1, 0.15) is 5.82 Å². The number of amides is 2. The number of aromatic nitrogens is 2. The van der Waals surface area contributed by atoms with E-state index >= 15 is 0 Å².